The minimum atomic E-state index is -0.122. The number of hydrogen-bond donors (Lipinski definition) is 3. The molecule has 0 bridgehead atoms. The van der Waals surface area contributed by atoms with Crippen LogP contribution < -0.4 is 0 Å². The van der Waals surface area contributed by atoms with Crippen LogP contribution in [0.4, 0.5) is 0 Å². The standard InChI is InChI=1S/C7H7NO3/c9-6-2-1-5(4-8-11)7(10)3-6/h1-4,9-11H/b8-4-. The van der Waals surface area contributed by atoms with Crippen molar-refractivity contribution in [3.63, 3.8) is 0 Å². The van der Waals surface area contributed by atoms with Crippen LogP contribution in [0.25, 0.3) is 0 Å². The van der Waals surface area contributed by atoms with E-state index in [2.05, 4.69) is 5.16 Å². The molecule has 1 rings (SSSR count). The number of phenols is 2. The average Bonchev–Trinajstić information content (AvgIpc) is 1.95. The van der Waals surface area contributed by atoms with E-state index < -0.39 is 0 Å². The first kappa shape index (κ1) is 7.40. The highest BCUT2D eigenvalue weighted by Crippen LogP contribution is 2.20. The fourth-order valence-corrected chi connectivity index (χ4v) is 0.703. The summed E-state index contributed by atoms with van der Waals surface area (Å²) in [7, 11) is 0. The lowest BCUT2D eigenvalue weighted by Gasteiger charge is -1.96. The van der Waals surface area contributed by atoms with Crippen LogP contribution in [0.1, 0.15) is 5.56 Å². The Morgan fingerprint density at radius 2 is 2.00 bits per heavy atom. The van der Waals surface area contributed by atoms with E-state index in [4.69, 9.17) is 15.4 Å². The third kappa shape index (κ3) is 1.61. The molecule has 0 atom stereocenters. The molecule has 0 spiro atoms. The predicted octanol–water partition coefficient (Wildman–Crippen LogP) is 0.906. The zero-order valence-electron chi connectivity index (χ0n) is 5.60. The molecule has 0 unspecified atom stereocenters. The third-order valence-electron chi connectivity index (χ3n) is 1.21. The van der Waals surface area contributed by atoms with Crippen LogP contribution in [0.5, 0.6) is 11.5 Å². The summed E-state index contributed by atoms with van der Waals surface area (Å²) in [5.41, 5.74) is 0.352. The Balaban J connectivity index is 3.09. The molecular weight excluding hydrogens is 146 g/mol. The van der Waals surface area contributed by atoms with Gasteiger partial charge in [0.15, 0.2) is 0 Å². The molecule has 58 valence electrons. The lowest BCUT2D eigenvalue weighted by Crippen LogP contribution is -1.80. The number of benzene rings is 1. The van der Waals surface area contributed by atoms with Gasteiger partial charge in [-0.3, -0.25) is 0 Å². The van der Waals surface area contributed by atoms with Crippen LogP contribution in [0.2, 0.25) is 0 Å². The highest BCUT2D eigenvalue weighted by molar-refractivity contribution is 5.83. The fourth-order valence-electron chi connectivity index (χ4n) is 0.703. The largest absolute Gasteiger partial charge is 0.508 e. The van der Waals surface area contributed by atoms with Gasteiger partial charge in [0.2, 0.25) is 0 Å². The number of hydrogen-bond acceptors (Lipinski definition) is 4. The molecule has 0 saturated heterocycles. The summed E-state index contributed by atoms with van der Waals surface area (Å²) >= 11 is 0. The first-order valence-corrected chi connectivity index (χ1v) is 2.93. The average molecular weight is 153 g/mol. The predicted molar refractivity (Wildman–Crippen MR) is 39.2 cm³/mol. The van der Waals surface area contributed by atoms with Gasteiger partial charge in [-0.05, 0) is 12.1 Å². The molecule has 0 heterocycles. The molecule has 0 fully saturated rings. The highest BCUT2D eigenvalue weighted by atomic mass is 16.4. The van der Waals surface area contributed by atoms with E-state index in [1.54, 1.807) is 0 Å². The summed E-state index contributed by atoms with van der Waals surface area (Å²) in [5.74, 6) is -0.152. The van der Waals surface area contributed by atoms with Gasteiger partial charge in [0.1, 0.15) is 11.5 Å². The Hall–Kier alpha value is -1.71. The zero-order valence-corrected chi connectivity index (χ0v) is 5.60. The lowest BCUT2D eigenvalue weighted by atomic mass is 10.2. The van der Waals surface area contributed by atoms with Crippen LogP contribution in [0.3, 0.4) is 0 Å². The summed E-state index contributed by atoms with van der Waals surface area (Å²) in [5, 5.41) is 28.7. The number of aromatic hydroxyl groups is 2. The second-order valence-corrected chi connectivity index (χ2v) is 1.99. The number of rotatable bonds is 1. The first-order chi connectivity index (χ1) is 5.24. The second-order valence-electron chi connectivity index (χ2n) is 1.99. The molecule has 0 radical (unpaired) electrons. The summed E-state index contributed by atoms with van der Waals surface area (Å²) in [6, 6.07) is 3.98. The van der Waals surface area contributed by atoms with Crippen LogP contribution in [0, 0.1) is 0 Å². The van der Waals surface area contributed by atoms with E-state index in [1.165, 1.54) is 12.1 Å². The summed E-state index contributed by atoms with van der Waals surface area (Å²) in [4.78, 5) is 0. The van der Waals surface area contributed by atoms with Gasteiger partial charge in [0.05, 0.1) is 6.21 Å². The lowest BCUT2D eigenvalue weighted by molar-refractivity contribution is 0.321. The quantitative estimate of drug-likeness (QED) is 0.319. The molecule has 0 saturated carbocycles. The van der Waals surface area contributed by atoms with Crippen molar-refractivity contribution >= 4 is 6.21 Å². The van der Waals surface area contributed by atoms with Crippen LogP contribution in [0.15, 0.2) is 23.4 Å². The Labute approximate surface area is 63.0 Å². The molecule has 0 aliphatic heterocycles. The van der Waals surface area contributed by atoms with E-state index in [1.807, 2.05) is 0 Å². The van der Waals surface area contributed by atoms with Gasteiger partial charge in [0, 0.05) is 11.6 Å². The molecular formula is C7H7NO3. The van der Waals surface area contributed by atoms with Crippen molar-refractivity contribution in [3.8, 4) is 11.5 Å². The van der Waals surface area contributed by atoms with Crippen LogP contribution in [-0.4, -0.2) is 21.6 Å². The van der Waals surface area contributed by atoms with Crippen molar-refractivity contribution in [2.75, 3.05) is 0 Å². The van der Waals surface area contributed by atoms with Crippen molar-refractivity contribution in [3.05, 3.63) is 23.8 Å². The maximum atomic E-state index is 9.06. The van der Waals surface area contributed by atoms with Gasteiger partial charge in [-0.25, -0.2) is 0 Å². The van der Waals surface area contributed by atoms with Crippen molar-refractivity contribution < 1.29 is 15.4 Å². The van der Waals surface area contributed by atoms with Crippen LogP contribution >= 0.6 is 0 Å². The monoisotopic (exact) mass is 153 g/mol. The van der Waals surface area contributed by atoms with Gasteiger partial charge in [-0.1, -0.05) is 5.16 Å². The highest BCUT2D eigenvalue weighted by Gasteiger charge is 1.97. The van der Waals surface area contributed by atoms with Gasteiger partial charge in [0.25, 0.3) is 0 Å². The van der Waals surface area contributed by atoms with Crippen LogP contribution in [-0.2, 0) is 0 Å². The molecule has 0 amide bonds. The van der Waals surface area contributed by atoms with Crippen molar-refractivity contribution in [2.45, 2.75) is 0 Å². The Morgan fingerprint density at radius 3 is 2.55 bits per heavy atom. The third-order valence-corrected chi connectivity index (χ3v) is 1.21. The minimum absolute atomic E-state index is 0.0300. The van der Waals surface area contributed by atoms with Crippen molar-refractivity contribution in [1.29, 1.82) is 0 Å². The second kappa shape index (κ2) is 2.92. The first-order valence-electron chi connectivity index (χ1n) is 2.93. The Morgan fingerprint density at radius 1 is 1.27 bits per heavy atom. The van der Waals surface area contributed by atoms with E-state index in [-0.39, 0.29) is 11.5 Å². The molecule has 1 aromatic carbocycles. The number of phenolic OH excluding ortho intramolecular Hbond substituents is 2. The van der Waals surface area contributed by atoms with Gasteiger partial charge in [-0.2, -0.15) is 0 Å². The van der Waals surface area contributed by atoms with Gasteiger partial charge >= 0.3 is 0 Å². The number of oxime groups is 1. The molecule has 4 nitrogen and oxygen atoms in total. The summed E-state index contributed by atoms with van der Waals surface area (Å²) in [6.07, 6.45) is 1.08. The molecule has 3 N–H and O–H groups in total. The minimum Gasteiger partial charge on any atom is -0.508 e. The van der Waals surface area contributed by atoms with E-state index in [0.717, 1.165) is 12.3 Å². The molecule has 4 heteroatoms. The Kier molecular flexibility index (Phi) is 1.96. The maximum absolute atomic E-state index is 9.06. The fraction of sp³-hybridized carbons (Fsp3) is 0. The maximum Gasteiger partial charge on any atom is 0.128 e. The smallest absolute Gasteiger partial charge is 0.128 e. The van der Waals surface area contributed by atoms with Crippen molar-refractivity contribution in [2.24, 2.45) is 5.16 Å². The SMILES string of the molecule is O/N=C\c1ccc(O)cc1O. The molecule has 11 heavy (non-hydrogen) atoms. The molecule has 0 aromatic heterocycles. The normalized spacial score (nSPS) is 10.5. The zero-order chi connectivity index (χ0) is 8.27. The summed E-state index contributed by atoms with van der Waals surface area (Å²) in [6.45, 7) is 0. The molecule has 0 aliphatic carbocycles. The van der Waals surface area contributed by atoms with E-state index in [0.29, 0.717) is 5.56 Å². The van der Waals surface area contributed by atoms with Crippen molar-refractivity contribution in [1.82, 2.24) is 0 Å². The van der Waals surface area contributed by atoms with E-state index in [9.17, 15) is 0 Å². The number of nitrogens with zero attached hydrogens (tertiary/aromatic N) is 1. The van der Waals surface area contributed by atoms with E-state index >= 15 is 0 Å². The topological polar surface area (TPSA) is 73.1 Å². The van der Waals surface area contributed by atoms with Gasteiger partial charge < -0.3 is 15.4 Å². The molecule has 0 aliphatic rings. The Bertz CT molecular complexity index is 283. The molecule has 1 aromatic rings. The summed E-state index contributed by atoms with van der Waals surface area (Å²) < 4.78 is 0. The van der Waals surface area contributed by atoms with Gasteiger partial charge in [-0.15, -0.1) is 0 Å².